The summed E-state index contributed by atoms with van der Waals surface area (Å²) in [6.07, 6.45) is 0.641. The van der Waals surface area contributed by atoms with Crippen LogP contribution < -0.4 is 0 Å². The van der Waals surface area contributed by atoms with Crippen LogP contribution in [0, 0.1) is 0 Å². The Morgan fingerprint density at radius 3 is 2.39 bits per heavy atom. The van der Waals surface area contributed by atoms with Gasteiger partial charge in [-0.1, -0.05) is 38.1 Å². The first-order valence-electron chi connectivity index (χ1n) is 6.99. The lowest BCUT2D eigenvalue weighted by atomic mass is 9.73. The summed E-state index contributed by atoms with van der Waals surface area (Å²) in [7, 11) is 0. The number of ketones is 1. The Bertz CT molecular complexity index is 444. The van der Waals surface area contributed by atoms with Crippen molar-refractivity contribution in [3.05, 3.63) is 35.4 Å². The molecule has 1 spiro atoms. The summed E-state index contributed by atoms with van der Waals surface area (Å²) in [5.74, 6) is 0.422. The molecule has 0 atom stereocenters. The van der Waals surface area contributed by atoms with Crippen LogP contribution in [0.15, 0.2) is 24.3 Å². The van der Waals surface area contributed by atoms with Crippen molar-refractivity contribution in [3.63, 3.8) is 0 Å². The number of nitrogens with zero attached hydrogens (tertiary/aromatic N) is 1. The van der Waals surface area contributed by atoms with Crippen molar-refractivity contribution in [2.75, 3.05) is 13.1 Å². The van der Waals surface area contributed by atoms with Crippen LogP contribution in [-0.2, 0) is 16.6 Å². The Balaban J connectivity index is 0.000000574. The number of benzene rings is 1. The summed E-state index contributed by atoms with van der Waals surface area (Å²) in [4.78, 5) is 14.6. The molecule has 1 heterocycles. The quantitative estimate of drug-likeness (QED) is 0.758. The van der Waals surface area contributed by atoms with E-state index in [0.29, 0.717) is 18.2 Å². The van der Waals surface area contributed by atoms with E-state index < -0.39 is 0 Å². The van der Waals surface area contributed by atoms with Gasteiger partial charge in [-0.2, -0.15) is 0 Å². The van der Waals surface area contributed by atoms with Gasteiger partial charge in [-0.3, -0.25) is 9.69 Å². The molecule has 1 aliphatic heterocycles. The molecule has 0 radical (unpaired) electrons. The molecule has 2 aliphatic rings. The molecule has 0 bridgehead atoms. The maximum atomic E-state index is 12.2. The van der Waals surface area contributed by atoms with E-state index in [1.165, 1.54) is 11.1 Å². The van der Waals surface area contributed by atoms with Crippen LogP contribution in [0.25, 0.3) is 0 Å². The largest absolute Gasteiger partial charge is 0.298 e. The van der Waals surface area contributed by atoms with Crippen LogP contribution in [-0.4, -0.2) is 29.8 Å². The predicted octanol–water partition coefficient (Wildman–Crippen LogP) is 2.80. The van der Waals surface area contributed by atoms with Crippen LogP contribution >= 0.6 is 0 Å². The van der Waals surface area contributed by atoms with E-state index in [2.05, 4.69) is 36.9 Å². The summed E-state index contributed by atoms with van der Waals surface area (Å²) < 4.78 is 0. The molecular formula is C16H23NO. The number of likely N-dealkylation sites (tertiary alicyclic amines) is 1. The zero-order chi connectivity index (χ0) is 13.3. The molecule has 0 unspecified atom stereocenters. The highest BCUT2D eigenvalue weighted by Crippen LogP contribution is 2.43. The molecule has 0 aromatic heterocycles. The monoisotopic (exact) mass is 245 g/mol. The standard InChI is InChI=1S/C14H17NO.C2H6/c1-10(2)15-8-14(9-15)12-6-4-3-5-11(12)7-13(14)16;1-2/h3-6,10H,7-9H2,1-2H3;1-2H3. The fourth-order valence-electron chi connectivity index (χ4n) is 2.99. The van der Waals surface area contributed by atoms with Crippen molar-refractivity contribution in [2.24, 2.45) is 0 Å². The first-order chi connectivity index (χ1) is 8.63. The summed E-state index contributed by atoms with van der Waals surface area (Å²) >= 11 is 0. The fourth-order valence-corrected chi connectivity index (χ4v) is 2.99. The van der Waals surface area contributed by atoms with Gasteiger partial charge in [-0.05, 0) is 25.0 Å². The van der Waals surface area contributed by atoms with Crippen molar-refractivity contribution >= 4 is 5.78 Å². The highest BCUT2D eigenvalue weighted by molar-refractivity contribution is 5.98. The Hall–Kier alpha value is -1.15. The topological polar surface area (TPSA) is 20.3 Å². The Morgan fingerprint density at radius 1 is 1.17 bits per heavy atom. The number of hydrogen-bond acceptors (Lipinski definition) is 2. The van der Waals surface area contributed by atoms with E-state index in [1.807, 2.05) is 19.9 Å². The predicted molar refractivity (Wildman–Crippen MR) is 74.9 cm³/mol. The molecule has 2 heteroatoms. The minimum atomic E-state index is -0.152. The first kappa shape index (κ1) is 13.3. The van der Waals surface area contributed by atoms with Gasteiger partial charge in [0.1, 0.15) is 5.78 Å². The second-order valence-electron chi connectivity index (χ2n) is 5.34. The van der Waals surface area contributed by atoms with E-state index in [4.69, 9.17) is 0 Å². The molecule has 1 fully saturated rings. The number of carbonyl (C=O) groups is 1. The molecule has 0 amide bonds. The van der Waals surface area contributed by atoms with Gasteiger partial charge >= 0.3 is 0 Å². The Morgan fingerprint density at radius 2 is 1.78 bits per heavy atom. The Kier molecular flexibility index (Phi) is 3.58. The summed E-state index contributed by atoms with van der Waals surface area (Å²) in [6, 6.07) is 8.87. The van der Waals surface area contributed by atoms with E-state index in [9.17, 15) is 4.79 Å². The number of Topliss-reactive ketones (excluding diaryl/α,β-unsaturated/α-hetero) is 1. The second-order valence-corrected chi connectivity index (χ2v) is 5.34. The van der Waals surface area contributed by atoms with Crippen LogP contribution in [0.3, 0.4) is 0 Å². The number of fused-ring (bicyclic) bond motifs is 2. The summed E-state index contributed by atoms with van der Waals surface area (Å²) in [5.41, 5.74) is 2.38. The zero-order valence-electron chi connectivity index (χ0n) is 11.9. The van der Waals surface area contributed by atoms with Gasteiger partial charge in [-0.25, -0.2) is 0 Å². The van der Waals surface area contributed by atoms with E-state index in [1.54, 1.807) is 0 Å². The highest BCUT2D eigenvalue weighted by atomic mass is 16.1. The molecule has 1 aromatic carbocycles. The molecule has 98 valence electrons. The first-order valence-corrected chi connectivity index (χ1v) is 6.99. The molecule has 0 N–H and O–H groups in total. The smallest absolute Gasteiger partial charge is 0.150 e. The average molecular weight is 245 g/mol. The third-order valence-electron chi connectivity index (χ3n) is 4.09. The maximum absolute atomic E-state index is 12.2. The van der Waals surface area contributed by atoms with Crippen molar-refractivity contribution in [2.45, 2.75) is 45.6 Å². The van der Waals surface area contributed by atoms with Gasteiger partial charge in [-0.15, -0.1) is 0 Å². The summed E-state index contributed by atoms with van der Waals surface area (Å²) in [6.45, 7) is 10.2. The highest BCUT2D eigenvalue weighted by Gasteiger charge is 2.54. The van der Waals surface area contributed by atoms with Crippen molar-refractivity contribution in [3.8, 4) is 0 Å². The molecule has 1 saturated heterocycles. The molecule has 1 aliphatic carbocycles. The summed E-state index contributed by atoms with van der Waals surface area (Å²) in [5, 5.41) is 0. The van der Waals surface area contributed by atoms with Gasteiger partial charge < -0.3 is 0 Å². The second kappa shape index (κ2) is 4.85. The minimum absolute atomic E-state index is 0.152. The molecule has 0 saturated carbocycles. The third-order valence-corrected chi connectivity index (χ3v) is 4.09. The molecule has 2 nitrogen and oxygen atoms in total. The lowest BCUT2D eigenvalue weighted by Crippen LogP contribution is -2.63. The molecule has 18 heavy (non-hydrogen) atoms. The lowest BCUT2D eigenvalue weighted by molar-refractivity contribution is -0.130. The van der Waals surface area contributed by atoms with Crippen LogP contribution in [0.2, 0.25) is 0 Å². The molecular weight excluding hydrogens is 222 g/mol. The zero-order valence-corrected chi connectivity index (χ0v) is 11.9. The fraction of sp³-hybridized carbons (Fsp3) is 0.562. The number of rotatable bonds is 1. The van der Waals surface area contributed by atoms with E-state index in [0.717, 1.165) is 13.1 Å². The SMILES string of the molecule is CC.CC(C)N1CC2(C1)C(=O)Cc1ccccc12. The Labute approximate surface area is 110 Å². The third kappa shape index (κ3) is 1.79. The van der Waals surface area contributed by atoms with Crippen molar-refractivity contribution in [1.29, 1.82) is 0 Å². The number of carbonyl (C=O) groups excluding carboxylic acids is 1. The van der Waals surface area contributed by atoms with Crippen LogP contribution in [0.5, 0.6) is 0 Å². The molecule has 3 rings (SSSR count). The van der Waals surface area contributed by atoms with Gasteiger partial charge in [0.05, 0.1) is 5.41 Å². The molecule has 1 aromatic rings. The number of hydrogen-bond donors (Lipinski definition) is 0. The van der Waals surface area contributed by atoms with Gasteiger partial charge in [0, 0.05) is 25.6 Å². The van der Waals surface area contributed by atoms with E-state index in [-0.39, 0.29) is 5.41 Å². The van der Waals surface area contributed by atoms with Gasteiger partial charge in [0.15, 0.2) is 0 Å². The van der Waals surface area contributed by atoms with Crippen molar-refractivity contribution in [1.82, 2.24) is 4.90 Å². The van der Waals surface area contributed by atoms with Crippen molar-refractivity contribution < 1.29 is 4.79 Å². The van der Waals surface area contributed by atoms with E-state index >= 15 is 0 Å². The van der Waals surface area contributed by atoms with Gasteiger partial charge in [0.2, 0.25) is 0 Å². The maximum Gasteiger partial charge on any atom is 0.150 e. The van der Waals surface area contributed by atoms with Crippen LogP contribution in [0.4, 0.5) is 0 Å². The lowest BCUT2D eigenvalue weighted by Gasteiger charge is -2.49. The van der Waals surface area contributed by atoms with Gasteiger partial charge in [0.25, 0.3) is 0 Å². The minimum Gasteiger partial charge on any atom is -0.298 e. The van der Waals surface area contributed by atoms with Crippen LogP contribution in [0.1, 0.15) is 38.8 Å². The normalized spacial score (nSPS) is 20.4. The average Bonchev–Trinajstić information content (AvgIpc) is 2.61.